The Morgan fingerprint density at radius 1 is 1.29 bits per heavy atom. The molecule has 0 radical (unpaired) electrons. The summed E-state index contributed by atoms with van der Waals surface area (Å²) in [6, 6.07) is 9.28. The predicted molar refractivity (Wildman–Crippen MR) is 74.3 cm³/mol. The largest absolute Gasteiger partial charge is 0.310 e. The number of likely N-dealkylation sites (N-methyl/N-ethyl adjacent to an activating group) is 1. The number of nitrogens with one attached hydrogen (secondary N) is 1. The predicted octanol–water partition coefficient (Wildman–Crippen LogP) is 3.63. The molecule has 0 aromatic heterocycles. The molecule has 0 spiro atoms. The lowest BCUT2D eigenvalue weighted by molar-refractivity contribution is 0.573. The lowest BCUT2D eigenvalue weighted by Crippen LogP contribution is -2.32. The zero-order valence-electron chi connectivity index (χ0n) is 11.0. The highest BCUT2D eigenvalue weighted by molar-refractivity contribution is 5.29. The van der Waals surface area contributed by atoms with E-state index in [9.17, 15) is 0 Å². The number of allylic oxidation sites excluding steroid dienone is 1. The molecule has 2 rings (SSSR count). The minimum absolute atomic E-state index is 0.545. The second kappa shape index (κ2) is 6.02. The van der Waals surface area contributed by atoms with Crippen LogP contribution in [0.1, 0.15) is 37.3 Å². The SMILES string of the molecule is CCNC(Cc1ccccc1C)C1=CCCC1. The maximum absolute atomic E-state index is 3.63. The Morgan fingerprint density at radius 3 is 2.76 bits per heavy atom. The fourth-order valence-electron chi connectivity index (χ4n) is 2.65. The summed E-state index contributed by atoms with van der Waals surface area (Å²) in [5.41, 5.74) is 4.51. The summed E-state index contributed by atoms with van der Waals surface area (Å²) in [6.07, 6.45) is 7.46. The molecule has 1 nitrogen and oxygen atoms in total. The molecular formula is C16H23N. The summed E-state index contributed by atoms with van der Waals surface area (Å²) in [4.78, 5) is 0. The fourth-order valence-corrected chi connectivity index (χ4v) is 2.65. The minimum atomic E-state index is 0.545. The van der Waals surface area contributed by atoms with Crippen LogP contribution in [0, 0.1) is 6.92 Å². The van der Waals surface area contributed by atoms with E-state index in [2.05, 4.69) is 49.5 Å². The van der Waals surface area contributed by atoms with E-state index in [1.54, 1.807) is 5.57 Å². The van der Waals surface area contributed by atoms with Crippen LogP contribution in [0.15, 0.2) is 35.9 Å². The highest BCUT2D eigenvalue weighted by atomic mass is 14.9. The first-order chi connectivity index (χ1) is 8.31. The molecular weight excluding hydrogens is 206 g/mol. The van der Waals surface area contributed by atoms with Crippen molar-refractivity contribution in [3.63, 3.8) is 0 Å². The van der Waals surface area contributed by atoms with Gasteiger partial charge in [0.05, 0.1) is 0 Å². The van der Waals surface area contributed by atoms with Gasteiger partial charge in [0.15, 0.2) is 0 Å². The normalized spacial score (nSPS) is 16.9. The van der Waals surface area contributed by atoms with Crippen molar-refractivity contribution in [2.24, 2.45) is 0 Å². The van der Waals surface area contributed by atoms with E-state index in [0.29, 0.717) is 6.04 Å². The van der Waals surface area contributed by atoms with E-state index in [-0.39, 0.29) is 0 Å². The molecule has 0 bridgehead atoms. The number of benzene rings is 1. The number of rotatable bonds is 5. The molecule has 1 aromatic rings. The van der Waals surface area contributed by atoms with Crippen LogP contribution in [0.5, 0.6) is 0 Å². The summed E-state index contributed by atoms with van der Waals surface area (Å²) in [7, 11) is 0. The summed E-state index contributed by atoms with van der Waals surface area (Å²) in [5, 5.41) is 3.63. The van der Waals surface area contributed by atoms with Crippen LogP contribution in [0.25, 0.3) is 0 Å². The lowest BCUT2D eigenvalue weighted by atomic mass is 9.95. The Balaban J connectivity index is 2.10. The van der Waals surface area contributed by atoms with Crippen LogP contribution in [-0.2, 0) is 6.42 Å². The molecule has 0 heterocycles. The molecule has 92 valence electrons. The average molecular weight is 229 g/mol. The second-order valence-electron chi connectivity index (χ2n) is 4.91. The molecule has 0 aliphatic heterocycles. The van der Waals surface area contributed by atoms with Crippen LogP contribution in [0.3, 0.4) is 0 Å². The van der Waals surface area contributed by atoms with Crippen LogP contribution >= 0.6 is 0 Å². The van der Waals surface area contributed by atoms with Crippen LogP contribution in [0.4, 0.5) is 0 Å². The fraction of sp³-hybridized carbons (Fsp3) is 0.500. The van der Waals surface area contributed by atoms with E-state index in [0.717, 1.165) is 13.0 Å². The van der Waals surface area contributed by atoms with Gasteiger partial charge in [-0.15, -0.1) is 0 Å². The van der Waals surface area contributed by atoms with E-state index in [1.165, 1.54) is 30.4 Å². The van der Waals surface area contributed by atoms with Gasteiger partial charge in [0.2, 0.25) is 0 Å². The van der Waals surface area contributed by atoms with Crippen molar-refractivity contribution in [2.45, 2.75) is 45.6 Å². The van der Waals surface area contributed by atoms with Gasteiger partial charge >= 0.3 is 0 Å². The van der Waals surface area contributed by atoms with E-state index in [1.807, 2.05) is 0 Å². The molecule has 1 N–H and O–H groups in total. The van der Waals surface area contributed by atoms with Gasteiger partial charge < -0.3 is 5.32 Å². The van der Waals surface area contributed by atoms with Gasteiger partial charge in [0.1, 0.15) is 0 Å². The molecule has 1 heteroatoms. The van der Waals surface area contributed by atoms with Crippen LogP contribution < -0.4 is 5.32 Å². The minimum Gasteiger partial charge on any atom is -0.310 e. The number of hydrogen-bond donors (Lipinski definition) is 1. The number of aryl methyl sites for hydroxylation is 1. The molecule has 0 saturated heterocycles. The third kappa shape index (κ3) is 3.19. The van der Waals surface area contributed by atoms with Gasteiger partial charge in [0.25, 0.3) is 0 Å². The Bertz CT molecular complexity index is 392. The Morgan fingerprint density at radius 2 is 2.12 bits per heavy atom. The summed E-state index contributed by atoms with van der Waals surface area (Å²) in [5.74, 6) is 0. The molecule has 0 fully saturated rings. The maximum Gasteiger partial charge on any atom is 0.0320 e. The van der Waals surface area contributed by atoms with Crippen molar-refractivity contribution >= 4 is 0 Å². The third-order valence-electron chi connectivity index (χ3n) is 3.66. The van der Waals surface area contributed by atoms with Crippen molar-refractivity contribution in [1.29, 1.82) is 0 Å². The standard InChI is InChI=1S/C16H23N/c1-3-17-16(14-9-6-7-10-14)12-15-11-5-4-8-13(15)2/h4-5,8-9,11,16-17H,3,6-7,10,12H2,1-2H3. The summed E-state index contributed by atoms with van der Waals surface area (Å²) < 4.78 is 0. The first-order valence-electron chi connectivity index (χ1n) is 6.78. The van der Waals surface area contributed by atoms with E-state index in [4.69, 9.17) is 0 Å². The third-order valence-corrected chi connectivity index (χ3v) is 3.66. The monoisotopic (exact) mass is 229 g/mol. The van der Waals surface area contributed by atoms with Gasteiger partial charge in [-0.2, -0.15) is 0 Å². The quantitative estimate of drug-likeness (QED) is 0.760. The second-order valence-corrected chi connectivity index (χ2v) is 4.91. The summed E-state index contributed by atoms with van der Waals surface area (Å²) in [6.45, 7) is 5.45. The van der Waals surface area contributed by atoms with Crippen LogP contribution in [-0.4, -0.2) is 12.6 Å². The Kier molecular flexibility index (Phi) is 4.38. The van der Waals surface area contributed by atoms with Gasteiger partial charge in [-0.1, -0.05) is 42.8 Å². The topological polar surface area (TPSA) is 12.0 Å². The zero-order valence-corrected chi connectivity index (χ0v) is 11.0. The molecule has 1 aliphatic rings. The van der Waals surface area contributed by atoms with Gasteiger partial charge in [0, 0.05) is 6.04 Å². The van der Waals surface area contributed by atoms with Crippen molar-refractivity contribution in [3.05, 3.63) is 47.0 Å². The van der Waals surface area contributed by atoms with Gasteiger partial charge in [-0.25, -0.2) is 0 Å². The highest BCUT2D eigenvalue weighted by Crippen LogP contribution is 2.23. The summed E-state index contributed by atoms with van der Waals surface area (Å²) >= 11 is 0. The zero-order chi connectivity index (χ0) is 12.1. The van der Waals surface area contributed by atoms with E-state index >= 15 is 0 Å². The first-order valence-corrected chi connectivity index (χ1v) is 6.78. The molecule has 1 aliphatic carbocycles. The lowest BCUT2D eigenvalue weighted by Gasteiger charge is -2.20. The molecule has 1 atom stereocenters. The van der Waals surface area contributed by atoms with Gasteiger partial charge in [-0.3, -0.25) is 0 Å². The van der Waals surface area contributed by atoms with Crippen LogP contribution in [0.2, 0.25) is 0 Å². The Labute approximate surface area is 105 Å². The van der Waals surface area contributed by atoms with Crippen molar-refractivity contribution in [1.82, 2.24) is 5.32 Å². The molecule has 17 heavy (non-hydrogen) atoms. The van der Waals surface area contributed by atoms with Gasteiger partial charge in [-0.05, 0) is 50.3 Å². The molecule has 0 saturated carbocycles. The smallest absolute Gasteiger partial charge is 0.0320 e. The van der Waals surface area contributed by atoms with Crippen molar-refractivity contribution < 1.29 is 0 Å². The van der Waals surface area contributed by atoms with Crippen molar-refractivity contribution in [3.8, 4) is 0 Å². The van der Waals surface area contributed by atoms with Crippen molar-refractivity contribution in [2.75, 3.05) is 6.54 Å². The maximum atomic E-state index is 3.63. The van der Waals surface area contributed by atoms with E-state index < -0.39 is 0 Å². The molecule has 1 unspecified atom stereocenters. The highest BCUT2D eigenvalue weighted by Gasteiger charge is 2.17. The first kappa shape index (κ1) is 12.4. The number of hydrogen-bond acceptors (Lipinski definition) is 1. The molecule has 0 amide bonds. The average Bonchev–Trinajstić information content (AvgIpc) is 2.85. The Hall–Kier alpha value is -1.08. The molecule has 1 aromatic carbocycles.